The smallest absolute Gasteiger partial charge is 0.310 e. The van der Waals surface area contributed by atoms with Gasteiger partial charge < -0.3 is 15.6 Å². The van der Waals surface area contributed by atoms with Crippen molar-refractivity contribution in [2.45, 2.75) is 13.0 Å². The third-order valence-corrected chi connectivity index (χ3v) is 2.28. The number of ether oxygens (including phenoxy) is 1. The molecule has 1 rings (SSSR count). The zero-order valence-electron chi connectivity index (χ0n) is 8.86. The first-order valence-corrected chi connectivity index (χ1v) is 4.64. The average Bonchev–Trinajstić information content (AvgIpc) is 2.29. The molecule has 0 unspecified atom stereocenters. The zero-order valence-corrected chi connectivity index (χ0v) is 8.86. The van der Waals surface area contributed by atoms with Crippen LogP contribution in [0.3, 0.4) is 0 Å². The summed E-state index contributed by atoms with van der Waals surface area (Å²) in [4.78, 5) is 11.2. The molecule has 1 aromatic rings. The Labute approximate surface area is 93.1 Å². The molecule has 0 fully saturated rings. The third-order valence-electron chi connectivity index (χ3n) is 2.28. The number of hydrogen-bond acceptors (Lipinski definition) is 5. The molecule has 84 valence electrons. The van der Waals surface area contributed by atoms with Crippen molar-refractivity contribution < 1.29 is 14.6 Å². The molecule has 0 atom stereocenters. The number of methoxy groups -OCH3 is 1. The minimum absolute atomic E-state index is 0.0135. The fourth-order valence-corrected chi connectivity index (χ4v) is 1.43. The molecule has 3 N–H and O–H groups in total. The summed E-state index contributed by atoms with van der Waals surface area (Å²) in [5.41, 5.74) is 6.63. The van der Waals surface area contributed by atoms with Gasteiger partial charge in [-0.15, -0.1) is 0 Å². The highest BCUT2D eigenvalue weighted by molar-refractivity contribution is 5.74. The number of aromatic hydroxyl groups is 1. The molecule has 0 aliphatic heterocycles. The summed E-state index contributed by atoms with van der Waals surface area (Å²) in [6.45, 7) is 0.0632. The highest BCUT2D eigenvalue weighted by Crippen LogP contribution is 2.24. The number of carbonyl (C=O) groups is 1. The molecule has 0 amide bonds. The fraction of sp³-hybridized carbons (Fsp3) is 0.273. The highest BCUT2D eigenvalue weighted by Gasteiger charge is 2.15. The number of phenolic OH excluding ortho intramolecular Hbond substituents is 1. The Balaban J connectivity index is 3.26. The van der Waals surface area contributed by atoms with E-state index in [4.69, 9.17) is 11.0 Å². The van der Waals surface area contributed by atoms with E-state index in [9.17, 15) is 9.90 Å². The van der Waals surface area contributed by atoms with Crippen LogP contribution in [-0.2, 0) is 22.5 Å². The number of phenols is 1. The lowest BCUT2D eigenvalue weighted by Crippen LogP contribution is -2.11. The molecule has 0 heterocycles. The summed E-state index contributed by atoms with van der Waals surface area (Å²) >= 11 is 0. The van der Waals surface area contributed by atoms with Crippen LogP contribution in [-0.4, -0.2) is 18.2 Å². The molecule has 16 heavy (non-hydrogen) atoms. The summed E-state index contributed by atoms with van der Waals surface area (Å²) in [6, 6.07) is 4.79. The molecule has 5 nitrogen and oxygen atoms in total. The highest BCUT2D eigenvalue weighted by atomic mass is 16.5. The van der Waals surface area contributed by atoms with Crippen molar-refractivity contribution in [3.8, 4) is 11.8 Å². The first kappa shape index (κ1) is 12.0. The van der Waals surface area contributed by atoms with Crippen LogP contribution in [0.25, 0.3) is 0 Å². The molecular formula is C11H12N2O3. The van der Waals surface area contributed by atoms with Crippen LogP contribution < -0.4 is 5.73 Å². The predicted molar refractivity (Wildman–Crippen MR) is 56.4 cm³/mol. The van der Waals surface area contributed by atoms with Gasteiger partial charge in [-0.05, 0) is 17.7 Å². The second-order valence-electron chi connectivity index (χ2n) is 3.16. The van der Waals surface area contributed by atoms with Gasteiger partial charge in [-0.2, -0.15) is 5.26 Å². The summed E-state index contributed by atoms with van der Waals surface area (Å²) in [5, 5.41) is 18.4. The molecule has 0 bridgehead atoms. The maximum absolute atomic E-state index is 11.2. The normalized spacial score (nSPS) is 9.56. The molecule has 1 aromatic carbocycles. The van der Waals surface area contributed by atoms with Gasteiger partial charge in [0.2, 0.25) is 0 Å². The van der Waals surface area contributed by atoms with Gasteiger partial charge in [0.25, 0.3) is 0 Å². The SMILES string of the molecule is COC(=O)Cc1c(C#N)ccc(O)c1CN. The van der Waals surface area contributed by atoms with Crippen LogP contribution in [0.15, 0.2) is 12.1 Å². The van der Waals surface area contributed by atoms with Gasteiger partial charge in [0.1, 0.15) is 5.75 Å². The Morgan fingerprint density at radius 2 is 2.25 bits per heavy atom. The van der Waals surface area contributed by atoms with Crippen molar-refractivity contribution in [1.29, 1.82) is 5.26 Å². The quantitative estimate of drug-likeness (QED) is 0.720. The van der Waals surface area contributed by atoms with Gasteiger partial charge >= 0.3 is 5.97 Å². The molecule has 0 radical (unpaired) electrons. The Bertz CT molecular complexity index is 449. The topological polar surface area (TPSA) is 96.3 Å². The van der Waals surface area contributed by atoms with Gasteiger partial charge in [0, 0.05) is 12.1 Å². The van der Waals surface area contributed by atoms with E-state index in [0.717, 1.165) is 0 Å². The molecule has 5 heteroatoms. The molecular weight excluding hydrogens is 208 g/mol. The number of nitrogens with two attached hydrogens (primary N) is 1. The van der Waals surface area contributed by atoms with Crippen molar-refractivity contribution in [1.82, 2.24) is 0 Å². The maximum atomic E-state index is 11.2. The van der Waals surface area contributed by atoms with Crippen LogP contribution in [0.5, 0.6) is 5.75 Å². The minimum Gasteiger partial charge on any atom is -0.508 e. The predicted octanol–water partition coefficient (Wildman–Crippen LogP) is 0.438. The number of benzene rings is 1. The van der Waals surface area contributed by atoms with Crippen LogP contribution in [0.4, 0.5) is 0 Å². The van der Waals surface area contributed by atoms with E-state index >= 15 is 0 Å². The monoisotopic (exact) mass is 220 g/mol. The second kappa shape index (κ2) is 5.14. The first-order valence-electron chi connectivity index (χ1n) is 4.64. The van der Waals surface area contributed by atoms with Crippen LogP contribution >= 0.6 is 0 Å². The number of rotatable bonds is 3. The number of carbonyl (C=O) groups excluding carboxylic acids is 1. The molecule has 0 saturated heterocycles. The Kier molecular flexibility index (Phi) is 3.86. The first-order chi connectivity index (χ1) is 7.63. The molecule has 0 spiro atoms. The van der Waals surface area contributed by atoms with E-state index in [1.54, 1.807) is 0 Å². The average molecular weight is 220 g/mol. The van der Waals surface area contributed by atoms with Crippen molar-refractivity contribution in [3.05, 3.63) is 28.8 Å². The van der Waals surface area contributed by atoms with Crippen molar-refractivity contribution in [3.63, 3.8) is 0 Å². The lowest BCUT2D eigenvalue weighted by atomic mass is 9.98. The lowest BCUT2D eigenvalue weighted by Gasteiger charge is -2.10. The summed E-state index contributed by atoms with van der Waals surface area (Å²) in [6.07, 6.45) is -0.0691. The van der Waals surface area contributed by atoms with E-state index in [0.29, 0.717) is 16.7 Å². The zero-order chi connectivity index (χ0) is 12.1. The Hall–Kier alpha value is -2.06. The van der Waals surface area contributed by atoms with E-state index in [1.807, 2.05) is 6.07 Å². The van der Waals surface area contributed by atoms with Gasteiger partial charge in [-0.25, -0.2) is 0 Å². The standard InChI is InChI=1S/C11H12N2O3/c1-16-11(15)4-8-7(5-12)2-3-10(14)9(8)6-13/h2-3,14H,4,6,13H2,1H3. The summed E-state index contributed by atoms with van der Waals surface area (Å²) in [5.74, 6) is -0.489. The van der Waals surface area contributed by atoms with Gasteiger partial charge in [-0.3, -0.25) is 4.79 Å². The van der Waals surface area contributed by atoms with Gasteiger partial charge in [0.05, 0.1) is 25.2 Å². The van der Waals surface area contributed by atoms with Crippen LogP contribution in [0.2, 0.25) is 0 Å². The van der Waals surface area contributed by atoms with E-state index < -0.39 is 5.97 Å². The van der Waals surface area contributed by atoms with E-state index in [1.165, 1.54) is 19.2 Å². The molecule has 0 aromatic heterocycles. The number of esters is 1. The van der Waals surface area contributed by atoms with Gasteiger partial charge in [0.15, 0.2) is 0 Å². The van der Waals surface area contributed by atoms with Crippen molar-refractivity contribution >= 4 is 5.97 Å². The van der Waals surface area contributed by atoms with Gasteiger partial charge in [-0.1, -0.05) is 0 Å². The van der Waals surface area contributed by atoms with Crippen molar-refractivity contribution in [2.75, 3.05) is 7.11 Å². The molecule has 0 aliphatic rings. The summed E-state index contributed by atoms with van der Waals surface area (Å²) < 4.78 is 4.52. The largest absolute Gasteiger partial charge is 0.508 e. The fourth-order valence-electron chi connectivity index (χ4n) is 1.43. The van der Waals surface area contributed by atoms with E-state index in [2.05, 4.69) is 4.74 Å². The molecule has 0 aliphatic carbocycles. The van der Waals surface area contributed by atoms with Crippen molar-refractivity contribution in [2.24, 2.45) is 5.73 Å². The van der Waals surface area contributed by atoms with Crippen LogP contribution in [0.1, 0.15) is 16.7 Å². The maximum Gasteiger partial charge on any atom is 0.310 e. The molecule has 0 saturated carbocycles. The number of nitrogens with zero attached hydrogens (tertiary/aromatic N) is 1. The Morgan fingerprint density at radius 1 is 1.56 bits per heavy atom. The minimum atomic E-state index is -0.475. The number of hydrogen-bond donors (Lipinski definition) is 2. The number of nitriles is 1. The Morgan fingerprint density at radius 3 is 2.75 bits per heavy atom. The van der Waals surface area contributed by atoms with Crippen LogP contribution in [0, 0.1) is 11.3 Å². The summed E-state index contributed by atoms with van der Waals surface area (Å²) in [7, 11) is 1.26. The third kappa shape index (κ3) is 2.30. The second-order valence-corrected chi connectivity index (χ2v) is 3.16. The lowest BCUT2D eigenvalue weighted by molar-refractivity contribution is -0.139. The van der Waals surface area contributed by atoms with E-state index in [-0.39, 0.29) is 18.7 Å².